The predicted molar refractivity (Wildman–Crippen MR) is 64.0 cm³/mol. The third-order valence-corrected chi connectivity index (χ3v) is 2.63. The van der Waals surface area contributed by atoms with Gasteiger partial charge in [0.15, 0.2) is 0 Å². The van der Waals surface area contributed by atoms with Gasteiger partial charge >= 0.3 is 5.97 Å². The van der Waals surface area contributed by atoms with Crippen molar-refractivity contribution < 1.29 is 9.53 Å². The zero-order valence-electron chi connectivity index (χ0n) is 10.1. The molecule has 0 aliphatic heterocycles. The average molecular weight is 221 g/mol. The summed E-state index contributed by atoms with van der Waals surface area (Å²) in [6.07, 6.45) is 0. The van der Waals surface area contributed by atoms with Crippen LogP contribution < -0.4 is 5.32 Å². The first-order valence-corrected chi connectivity index (χ1v) is 5.51. The number of esters is 1. The van der Waals surface area contributed by atoms with E-state index < -0.39 is 0 Å². The van der Waals surface area contributed by atoms with Crippen LogP contribution in [-0.2, 0) is 9.53 Å². The minimum Gasteiger partial charge on any atom is -0.469 e. The number of carbonyl (C=O) groups excluding carboxylic acids is 1. The van der Waals surface area contributed by atoms with Crippen molar-refractivity contribution in [3.8, 4) is 0 Å². The Morgan fingerprint density at radius 3 is 2.50 bits per heavy atom. The minimum atomic E-state index is -0.173. The van der Waals surface area contributed by atoms with E-state index in [0.717, 1.165) is 0 Å². The van der Waals surface area contributed by atoms with Crippen molar-refractivity contribution in [3.05, 3.63) is 35.9 Å². The third kappa shape index (κ3) is 3.66. The zero-order valence-corrected chi connectivity index (χ0v) is 10.1. The first-order chi connectivity index (χ1) is 7.65. The number of methoxy groups -OCH3 is 1. The van der Waals surface area contributed by atoms with Gasteiger partial charge in [-0.1, -0.05) is 37.3 Å². The van der Waals surface area contributed by atoms with Gasteiger partial charge in [0.05, 0.1) is 13.0 Å². The molecule has 0 amide bonds. The van der Waals surface area contributed by atoms with Crippen molar-refractivity contribution in [2.24, 2.45) is 5.92 Å². The number of benzene rings is 1. The van der Waals surface area contributed by atoms with Crippen molar-refractivity contribution in [2.45, 2.75) is 19.9 Å². The van der Waals surface area contributed by atoms with Gasteiger partial charge in [0.25, 0.3) is 0 Å². The van der Waals surface area contributed by atoms with Crippen LogP contribution in [0.25, 0.3) is 0 Å². The highest BCUT2D eigenvalue weighted by molar-refractivity contribution is 5.72. The van der Waals surface area contributed by atoms with E-state index in [1.165, 1.54) is 12.7 Å². The highest BCUT2D eigenvalue weighted by Gasteiger charge is 2.14. The number of ether oxygens (including phenoxy) is 1. The van der Waals surface area contributed by atoms with Crippen LogP contribution in [0.5, 0.6) is 0 Å². The summed E-state index contributed by atoms with van der Waals surface area (Å²) < 4.78 is 4.67. The standard InChI is InChI=1S/C13H19NO2/c1-10(13(15)16-3)9-14-11(2)12-7-5-4-6-8-12/h4-8,10-11,14H,9H2,1-3H3/t10?,11-/m0/s1. The zero-order chi connectivity index (χ0) is 12.0. The van der Waals surface area contributed by atoms with E-state index in [4.69, 9.17) is 0 Å². The summed E-state index contributed by atoms with van der Waals surface area (Å²) >= 11 is 0. The lowest BCUT2D eigenvalue weighted by molar-refractivity contribution is -0.144. The Morgan fingerprint density at radius 1 is 1.31 bits per heavy atom. The molecule has 0 aliphatic carbocycles. The second-order valence-electron chi connectivity index (χ2n) is 3.96. The van der Waals surface area contributed by atoms with Gasteiger partial charge in [-0.05, 0) is 12.5 Å². The van der Waals surface area contributed by atoms with Crippen LogP contribution in [0.2, 0.25) is 0 Å². The Kier molecular flexibility index (Phi) is 4.99. The van der Waals surface area contributed by atoms with E-state index in [1.807, 2.05) is 25.1 Å². The second kappa shape index (κ2) is 6.28. The topological polar surface area (TPSA) is 38.3 Å². The molecule has 0 saturated carbocycles. The van der Waals surface area contributed by atoms with E-state index in [2.05, 4.69) is 29.1 Å². The smallest absolute Gasteiger partial charge is 0.309 e. The lowest BCUT2D eigenvalue weighted by Crippen LogP contribution is -2.29. The van der Waals surface area contributed by atoms with Gasteiger partial charge in [0.1, 0.15) is 0 Å². The SMILES string of the molecule is COC(=O)C(C)CN[C@@H](C)c1ccccc1. The van der Waals surface area contributed by atoms with Gasteiger partial charge in [-0.25, -0.2) is 0 Å². The number of rotatable bonds is 5. The molecule has 88 valence electrons. The quantitative estimate of drug-likeness (QED) is 0.774. The summed E-state index contributed by atoms with van der Waals surface area (Å²) in [4.78, 5) is 11.2. The molecule has 0 heterocycles. The Balaban J connectivity index is 2.41. The van der Waals surface area contributed by atoms with Crippen LogP contribution in [-0.4, -0.2) is 19.6 Å². The number of nitrogens with one attached hydrogen (secondary N) is 1. The molecule has 3 heteroatoms. The largest absolute Gasteiger partial charge is 0.469 e. The molecule has 1 rings (SSSR count). The fourth-order valence-corrected chi connectivity index (χ4v) is 1.50. The van der Waals surface area contributed by atoms with E-state index in [9.17, 15) is 4.79 Å². The molecule has 0 fully saturated rings. The van der Waals surface area contributed by atoms with E-state index in [0.29, 0.717) is 6.54 Å². The Bertz CT molecular complexity index is 324. The van der Waals surface area contributed by atoms with Crippen LogP contribution in [0, 0.1) is 5.92 Å². The van der Waals surface area contributed by atoms with Crippen LogP contribution >= 0.6 is 0 Å². The fraction of sp³-hybridized carbons (Fsp3) is 0.462. The Labute approximate surface area is 96.8 Å². The van der Waals surface area contributed by atoms with Gasteiger partial charge in [-0.15, -0.1) is 0 Å². The van der Waals surface area contributed by atoms with Crippen molar-refractivity contribution in [1.29, 1.82) is 0 Å². The van der Waals surface area contributed by atoms with Gasteiger partial charge < -0.3 is 10.1 Å². The van der Waals surface area contributed by atoms with Gasteiger partial charge in [0.2, 0.25) is 0 Å². The lowest BCUT2D eigenvalue weighted by atomic mass is 10.1. The molecule has 0 bridgehead atoms. The summed E-state index contributed by atoms with van der Waals surface area (Å²) in [6.45, 7) is 4.57. The molecule has 0 radical (unpaired) electrons. The molecule has 2 atom stereocenters. The maximum absolute atomic E-state index is 11.2. The molecule has 3 nitrogen and oxygen atoms in total. The summed E-state index contributed by atoms with van der Waals surface area (Å²) in [5.74, 6) is -0.288. The van der Waals surface area contributed by atoms with E-state index in [1.54, 1.807) is 0 Å². The Morgan fingerprint density at radius 2 is 1.94 bits per heavy atom. The Hall–Kier alpha value is -1.35. The molecule has 0 saturated heterocycles. The molecule has 16 heavy (non-hydrogen) atoms. The fourth-order valence-electron chi connectivity index (χ4n) is 1.50. The maximum atomic E-state index is 11.2. The van der Waals surface area contributed by atoms with Crippen molar-refractivity contribution in [1.82, 2.24) is 5.32 Å². The highest BCUT2D eigenvalue weighted by Crippen LogP contribution is 2.11. The monoisotopic (exact) mass is 221 g/mol. The number of hydrogen-bond donors (Lipinski definition) is 1. The average Bonchev–Trinajstić information content (AvgIpc) is 2.35. The first kappa shape index (κ1) is 12.7. The molecular weight excluding hydrogens is 202 g/mol. The van der Waals surface area contributed by atoms with E-state index >= 15 is 0 Å². The number of carbonyl (C=O) groups is 1. The molecule has 0 spiro atoms. The lowest BCUT2D eigenvalue weighted by Gasteiger charge is -2.16. The van der Waals surface area contributed by atoms with Crippen molar-refractivity contribution >= 4 is 5.97 Å². The van der Waals surface area contributed by atoms with Gasteiger partial charge in [-0.2, -0.15) is 0 Å². The van der Waals surface area contributed by atoms with Crippen LogP contribution in [0.3, 0.4) is 0 Å². The van der Waals surface area contributed by atoms with Crippen LogP contribution in [0.1, 0.15) is 25.5 Å². The summed E-state index contributed by atoms with van der Waals surface area (Å²) in [7, 11) is 1.42. The summed E-state index contributed by atoms with van der Waals surface area (Å²) in [5.41, 5.74) is 1.22. The normalized spacial score (nSPS) is 14.2. The first-order valence-electron chi connectivity index (χ1n) is 5.51. The molecule has 0 aromatic heterocycles. The molecular formula is C13H19NO2. The van der Waals surface area contributed by atoms with Crippen LogP contribution in [0.4, 0.5) is 0 Å². The molecule has 1 N–H and O–H groups in total. The minimum absolute atomic E-state index is 0.115. The summed E-state index contributed by atoms with van der Waals surface area (Å²) in [5, 5.41) is 3.31. The van der Waals surface area contributed by atoms with Crippen molar-refractivity contribution in [3.63, 3.8) is 0 Å². The van der Waals surface area contributed by atoms with Crippen LogP contribution in [0.15, 0.2) is 30.3 Å². The van der Waals surface area contributed by atoms with Gasteiger partial charge in [0, 0.05) is 12.6 Å². The molecule has 0 aliphatic rings. The number of hydrogen-bond acceptors (Lipinski definition) is 3. The second-order valence-corrected chi connectivity index (χ2v) is 3.96. The molecule has 1 aromatic rings. The van der Waals surface area contributed by atoms with E-state index in [-0.39, 0.29) is 17.9 Å². The predicted octanol–water partition coefficient (Wildman–Crippen LogP) is 2.15. The highest BCUT2D eigenvalue weighted by atomic mass is 16.5. The van der Waals surface area contributed by atoms with Crippen molar-refractivity contribution in [2.75, 3.05) is 13.7 Å². The maximum Gasteiger partial charge on any atom is 0.309 e. The molecule has 1 aromatic carbocycles. The summed E-state index contributed by atoms with van der Waals surface area (Å²) in [6, 6.07) is 10.4. The molecule has 1 unspecified atom stereocenters. The van der Waals surface area contributed by atoms with Gasteiger partial charge in [-0.3, -0.25) is 4.79 Å². The third-order valence-electron chi connectivity index (χ3n) is 2.63.